The molecule has 0 saturated carbocycles. The minimum absolute atomic E-state index is 0.385. The molecular formula is C24H21NS2. The maximum atomic E-state index is 4.81. The Hall–Kier alpha value is -2.36. The van der Waals surface area contributed by atoms with E-state index in [2.05, 4.69) is 96.4 Å². The van der Waals surface area contributed by atoms with Crippen LogP contribution in [0.4, 0.5) is 0 Å². The number of aromatic nitrogens is 1. The number of fused-ring (bicyclic) bond motifs is 4. The minimum Gasteiger partial charge on any atom is -0.309 e. The van der Waals surface area contributed by atoms with Crippen LogP contribution >= 0.6 is 21.6 Å². The van der Waals surface area contributed by atoms with Gasteiger partial charge in [-0.05, 0) is 57.8 Å². The normalized spacial score (nSPS) is 13.5. The third-order valence-electron chi connectivity index (χ3n) is 5.24. The molecule has 0 aliphatic carbocycles. The molecule has 1 nitrogen and oxygen atoms in total. The zero-order valence-corrected chi connectivity index (χ0v) is 16.9. The van der Waals surface area contributed by atoms with Crippen molar-refractivity contribution in [2.24, 2.45) is 0 Å². The monoisotopic (exact) mass is 387 g/mol. The molecule has 5 aromatic rings. The van der Waals surface area contributed by atoms with Crippen molar-refractivity contribution in [3.8, 4) is 5.69 Å². The van der Waals surface area contributed by atoms with E-state index in [0.717, 1.165) is 5.75 Å². The van der Waals surface area contributed by atoms with Crippen LogP contribution in [0.2, 0.25) is 0 Å². The third kappa shape index (κ3) is 2.73. The van der Waals surface area contributed by atoms with E-state index in [0.29, 0.717) is 0 Å². The van der Waals surface area contributed by atoms with Gasteiger partial charge in [-0.25, -0.2) is 0 Å². The highest BCUT2D eigenvalue weighted by Crippen LogP contribution is 2.43. The van der Waals surface area contributed by atoms with Gasteiger partial charge in [-0.3, -0.25) is 0 Å². The van der Waals surface area contributed by atoms with Crippen molar-refractivity contribution in [3.63, 3.8) is 0 Å². The van der Waals surface area contributed by atoms with Gasteiger partial charge in [0.2, 0.25) is 0 Å². The van der Waals surface area contributed by atoms with Gasteiger partial charge in [-0.2, -0.15) is 9.93 Å². The van der Waals surface area contributed by atoms with Gasteiger partial charge in [0.25, 0.3) is 0 Å². The largest absolute Gasteiger partial charge is 0.309 e. The third-order valence-corrected chi connectivity index (χ3v) is 8.26. The average molecular weight is 388 g/mol. The molecule has 1 atom stereocenters. The molecule has 0 aliphatic rings. The molecule has 0 radical (unpaired) electrons. The molecule has 0 bridgehead atoms. The summed E-state index contributed by atoms with van der Waals surface area (Å²) in [6, 6.07) is 30.8. The summed E-state index contributed by atoms with van der Waals surface area (Å²) >= 11 is 4.81. The lowest BCUT2D eigenvalue weighted by atomic mass is 10.1. The Balaban J connectivity index is 1.84. The van der Waals surface area contributed by atoms with Crippen molar-refractivity contribution in [3.05, 3.63) is 84.9 Å². The molecule has 0 N–H and O–H groups in total. The fourth-order valence-corrected chi connectivity index (χ4v) is 5.16. The quantitative estimate of drug-likeness (QED) is 0.239. The molecule has 0 amide bonds. The van der Waals surface area contributed by atoms with E-state index in [-0.39, 0.29) is 9.93 Å². The van der Waals surface area contributed by atoms with Gasteiger partial charge in [0.1, 0.15) is 0 Å². The number of benzene rings is 4. The van der Waals surface area contributed by atoms with Crippen LogP contribution in [0, 0.1) is 0 Å². The summed E-state index contributed by atoms with van der Waals surface area (Å²) in [4.78, 5) is 1.35. The van der Waals surface area contributed by atoms with Crippen molar-refractivity contribution in [2.75, 3.05) is 5.75 Å². The predicted molar refractivity (Wildman–Crippen MR) is 125 cm³/mol. The molecule has 27 heavy (non-hydrogen) atoms. The summed E-state index contributed by atoms with van der Waals surface area (Å²) in [6.07, 6.45) is 0. The van der Waals surface area contributed by atoms with Crippen LogP contribution in [0.5, 0.6) is 0 Å². The molecule has 0 spiro atoms. The SMILES string of the molecule is CC[SH](S)c1ccc2c(c1)c1ccccc1n2-c1ccc2ccccc2c1. The standard InChI is InChI=1S/C24H21NS2/c1-2-27(26)20-13-14-24-22(16-20)21-9-5-6-10-23(21)25(24)19-12-11-17-7-3-4-8-18(17)15-19/h3-16,26-27H,2H2,1H3. The van der Waals surface area contributed by atoms with E-state index >= 15 is 0 Å². The fraction of sp³-hybridized carbons (Fsp3) is 0.0833. The second-order valence-electron chi connectivity index (χ2n) is 6.80. The van der Waals surface area contributed by atoms with Crippen LogP contribution in [0.15, 0.2) is 89.8 Å². The van der Waals surface area contributed by atoms with Gasteiger partial charge < -0.3 is 4.57 Å². The second kappa shape index (κ2) is 6.66. The van der Waals surface area contributed by atoms with E-state index in [9.17, 15) is 0 Å². The number of thiol groups is 2. The fourth-order valence-electron chi connectivity index (χ4n) is 3.90. The smallest absolute Gasteiger partial charge is 0.0541 e. The van der Waals surface area contributed by atoms with Gasteiger partial charge in [0.15, 0.2) is 0 Å². The summed E-state index contributed by atoms with van der Waals surface area (Å²) in [7, 11) is -0.385. The van der Waals surface area contributed by atoms with Crippen LogP contribution in [-0.4, -0.2) is 10.3 Å². The molecule has 5 rings (SSSR count). The van der Waals surface area contributed by atoms with Gasteiger partial charge in [0, 0.05) is 16.5 Å². The zero-order chi connectivity index (χ0) is 18.4. The summed E-state index contributed by atoms with van der Waals surface area (Å²) in [5, 5.41) is 5.15. The first-order valence-corrected chi connectivity index (χ1v) is 11.9. The summed E-state index contributed by atoms with van der Waals surface area (Å²) < 4.78 is 2.38. The highest BCUT2D eigenvalue weighted by Gasteiger charge is 2.13. The Morgan fingerprint density at radius 3 is 2.33 bits per heavy atom. The molecule has 4 aromatic carbocycles. The average Bonchev–Trinajstić information content (AvgIpc) is 3.06. The highest BCUT2D eigenvalue weighted by molar-refractivity contribution is 8.78. The molecule has 0 fully saturated rings. The summed E-state index contributed by atoms with van der Waals surface area (Å²) in [6.45, 7) is 2.21. The molecule has 134 valence electrons. The van der Waals surface area contributed by atoms with Crippen LogP contribution in [0.25, 0.3) is 38.3 Å². The van der Waals surface area contributed by atoms with Crippen molar-refractivity contribution in [2.45, 2.75) is 11.8 Å². The van der Waals surface area contributed by atoms with Crippen LogP contribution in [0.1, 0.15) is 6.92 Å². The first kappa shape index (κ1) is 16.8. The number of nitrogens with zero attached hydrogens (tertiary/aromatic N) is 1. The Labute approximate surface area is 166 Å². The van der Waals surface area contributed by atoms with Crippen molar-refractivity contribution in [1.29, 1.82) is 0 Å². The zero-order valence-electron chi connectivity index (χ0n) is 15.1. The van der Waals surface area contributed by atoms with Crippen molar-refractivity contribution < 1.29 is 0 Å². The van der Waals surface area contributed by atoms with Gasteiger partial charge in [0.05, 0.1) is 11.0 Å². The molecule has 1 heterocycles. The first-order valence-electron chi connectivity index (χ1n) is 9.25. The lowest BCUT2D eigenvalue weighted by Gasteiger charge is -2.13. The molecule has 1 unspecified atom stereocenters. The van der Waals surface area contributed by atoms with Crippen molar-refractivity contribution in [1.82, 2.24) is 4.57 Å². The Morgan fingerprint density at radius 2 is 1.48 bits per heavy atom. The molecule has 0 aliphatic heterocycles. The number of para-hydroxylation sites is 1. The first-order chi connectivity index (χ1) is 13.3. The Kier molecular flexibility index (Phi) is 4.14. The van der Waals surface area contributed by atoms with Crippen LogP contribution in [0.3, 0.4) is 0 Å². The van der Waals surface area contributed by atoms with Gasteiger partial charge in [-0.15, -0.1) is 11.7 Å². The predicted octanol–water partition coefficient (Wildman–Crippen LogP) is 7.16. The van der Waals surface area contributed by atoms with E-state index in [1.54, 1.807) is 0 Å². The van der Waals surface area contributed by atoms with E-state index in [1.807, 2.05) is 0 Å². The van der Waals surface area contributed by atoms with Crippen LogP contribution < -0.4 is 0 Å². The lowest BCUT2D eigenvalue weighted by molar-refractivity contribution is 1.18. The van der Waals surface area contributed by atoms with Crippen LogP contribution in [-0.2, 0) is 0 Å². The maximum absolute atomic E-state index is 4.81. The van der Waals surface area contributed by atoms with Gasteiger partial charge >= 0.3 is 0 Å². The number of hydrogen-bond donors (Lipinski definition) is 2. The Bertz CT molecular complexity index is 1290. The van der Waals surface area contributed by atoms with Gasteiger partial charge in [-0.1, -0.05) is 55.5 Å². The van der Waals surface area contributed by atoms with E-state index in [1.165, 1.54) is 43.2 Å². The maximum Gasteiger partial charge on any atom is 0.0541 e. The number of rotatable bonds is 3. The lowest BCUT2D eigenvalue weighted by Crippen LogP contribution is -1.93. The van der Waals surface area contributed by atoms with E-state index < -0.39 is 0 Å². The molecule has 0 saturated heterocycles. The molecule has 3 heteroatoms. The molecule has 1 aromatic heterocycles. The minimum atomic E-state index is -0.385. The van der Waals surface area contributed by atoms with E-state index in [4.69, 9.17) is 11.7 Å². The highest BCUT2D eigenvalue weighted by atomic mass is 33.1. The van der Waals surface area contributed by atoms with Crippen molar-refractivity contribution >= 4 is 54.2 Å². The summed E-state index contributed by atoms with van der Waals surface area (Å²) in [5.74, 6) is 1.09. The second-order valence-corrected chi connectivity index (χ2v) is 10.2. The Morgan fingerprint density at radius 1 is 0.741 bits per heavy atom. The number of hydrogen-bond acceptors (Lipinski definition) is 1. The summed E-state index contributed by atoms with van der Waals surface area (Å²) in [5.41, 5.74) is 3.71. The topological polar surface area (TPSA) is 4.93 Å². The molecular weight excluding hydrogens is 366 g/mol.